The van der Waals surface area contributed by atoms with Gasteiger partial charge < -0.3 is 20.7 Å². The molecule has 1 heterocycles. The minimum Gasteiger partial charge on any atom is -0.497 e. The molecule has 2 amide bonds. The normalized spacial score (nSPS) is 10.1. The number of amides is 2. The molecule has 8 nitrogen and oxygen atoms in total. The topological polar surface area (TPSA) is 105 Å². The van der Waals surface area contributed by atoms with E-state index in [4.69, 9.17) is 4.74 Å². The van der Waals surface area contributed by atoms with Crippen molar-refractivity contribution in [3.05, 3.63) is 66.5 Å². The molecule has 0 aliphatic carbocycles. The maximum atomic E-state index is 12.5. The maximum absolute atomic E-state index is 12.5. The first kappa shape index (κ1) is 18.8. The molecule has 142 valence electrons. The van der Waals surface area contributed by atoms with E-state index < -0.39 is 5.91 Å². The van der Waals surface area contributed by atoms with Crippen LogP contribution in [0.15, 0.2) is 60.8 Å². The summed E-state index contributed by atoms with van der Waals surface area (Å²) in [6, 6.07) is 15.7. The molecule has 1 aromatic heterocycles. The number of nitrogens with one attached hydrogen (secondary N) is 3. The Morgan fingerprint density at radius 3 is 2.39 bits per heavy atom. The number of benzene rings is 2. The largest absolute Gasteiger partial charge is 0.497 e. The zero-order valence-electron chi connectivity index (χ0n) is 15.4. The molecule has 0 atom stereocenters. The van der Waals surface area contributed by atoms with Crippen LogP contribution in [0.5, 0.6) is 5.75 Å². The first-order valence-corrected chi connectivity index (χ1v) is 8.46. The highest BCUT2D eigenvalue weighted by molar-refractivity contribution is 6.03. The SMILES string of the molecule is COc1cccc(Nc2nccc(C(=O)Nc3cccc(NC(C)=O)c3)n2)c1. The zero-order chi connectivity index (χ0) is 19.9. The van der Waals surface area contributed by atoms with Gasteiger partial charge in [0.25, 0.3) is 5.91 Å². The zero-order valence-corrected chi connectivity index (χ0v) is 15.4. The third-order valence-electron chi connectivity index (χ3n) is 3.65. The number of hydrogen-bond acceptors (Lipinski definition) is 6. The van der Waals surface area contributed by atoms with Crippen molar-refractivity contribution in [1.29, 1.82) is 0 Å². The first-order valence-electron chi connectivity index (χ1n) is 8.46. The first-order chi connectivity index (χ1) is 13.5. The predicted molar refractivity (Wildman–Crippen MR) is 107 cm³/mol. The summed E-state index contributed by atoms with van der Waals surface area (Å²) < 4.78 is 5.18. The van der Waals surface area contributed by atoms with E-state index in [0.29, 0.717) is 17.1 Å². The van der Waals surface area contributed by atoms with Gasteiger partial charge in [0.05, 0.1) is 7.11 Å². The second-order valence-corrected chi connectivity index (χ2v) is 5.84. The smallest absolute Gasteiger partial charge is 0.274 e. The predicted octanol–water partition coefficient (Wildman–Crippen LogP) is 3.44. The van der Waals surface area contributed by atoms with Crippen molar-refractivity contribution in [3.63, 3.8) is 0 Å². The summed E-state index contributed by atoms with van der Waals surface area (Å²) in [5.74, 6) is 0.398. The fraction of sp³-hybridized carbons (Fsp3) is 0.100. The lowest BCUT2D eigenvalue weighted by atomic mass is 10.2. The van der Waals surface area contributed by atoms with Crippen LogP contribution in [0.3, 0.4) is 0 Å². The monoisotopic (exact) mass is 377 g/mol. The minimum atomic E-state index is -0.393. The maximum Gasteiger partial charge on any atom is 0.274 e. The second kappa shape index (κ2) is 8.63. The van der Waals surface area contributed by atoms with Crippen LogP contribution in [0.1, 0.15) is 17.4 Å². The van der Waals surface area contributed by atoms with Gasteiger partial charge in [-0.1, -0.05) is 12.1 Å². The Balaban J connectivity index is 1.72. The molecule has 0 saturated heterocycles. The number of carbonyl (C=O) groups is 2. The lowest BCUT2D eigenvalue weighted by Gasteiger charge is -2.09. The molecule has 3 aromatic rings. The Labute approximate surface area is 162 Å². The molecular formula is C20H19N5O3. The van der Waals surface area contributed by atoms with E-state index in [0.717, 1.165) is 5.69 Å². The van der Waals surface area contributed by atoms with Gasteiger partial charge in [0.1, 0.15) is 11.4 Å². The van der Waals surface area contributed by atoms with Gasteiger partial charge in [-0.25, -0.2) is 9.97 Å². The van der Waals surface area contributed by atoms with E-state index in [2.05, 4.69) is 25.9 Å². The van der Waals surface area contributed by atoms with E-state index in [1.54, 1.807) is 37.4 Å². The van der Waals surface area contributed by atoms with E-state index in [9.17, 15) is 9.59 Å². The number of rotatable bonds is 6. The summed E-state index contributed by atoms with van der Waals surface area (Å²) in [6.45, 7) is 1.42. The van der Waals surface area contributed by atoms with Gasteiger partial charge in [-0.15, -0.1) is 0 Å². The number of nitrogens with zero attached hydrogens (tertiary/aromatic N) is 2. The van der Waals surface area contributed by atoms with E-state index in [1.807, 2.05) is 18.2 Å². The van der Waals surface area contributed by atoms with Crippen LogP contribution in [-0.4, -0.2) is 28.9 Å². The standard InChI is InChI=1S/C20H19N5O3/c1-13(26)22-14-5-3-6-15(11-14)23-19(27)18-9-10-21-20(25-18)24-16-7-4-8-17(12-16)28-2/h3-12H,1-2H3,(H,22,26)(H,23,27)(H,21,24,25). The number of methoxy groups -OCH3 is 1. The van der Waals surface area contributed by atoms with Gasteiger partial charge >= 0.3 is 0 Å². The molecular weight excluding hydrogens is 358 g/mol. The summed E-state index contributed by atoms with van der Waals surface area (Å²) in [5, 5.41) is 8.46. The molecule has 0 aliphatic heterocycles. The Morgan fingerprint density at radius 2 is 1.64 bits per heavy atom. The molecule has 0 unspecified atom stereocenters. The minimum absolute atomic E-state index is 0.187. The van der Waals surface area contributed by atoms with Gasteiger partial charge in [-0.05, 0) is 36.4 Å². The van der Waals surface area contributed by atoms with Crippen molar-refractivity contribution >= 4 is 34.8 Å². The summed E-state index contributed by atoms with van der Waals surface area (Å²) >= 11 is 0. The molecule has 0 aliphatic rings. The van der Waals surface area contributed by atoms with Gasteiger partial charge in [0.15, 0.2) is 0 Å². The number of aromatic nitrogens is 2. The highest BCUT2D eigenvalue weighted by Gasteiger charge is 2.10. The second-order valence-electron chi connectivity index (χ2n) is 5.84. The highest BCUT2D eigenvalue weighted by Crippen LogP contribution is 2.20. The van der Waals surface area contributed by atoms with Crippen molar-refractivity contribution in [2.75, 3.05) is 23.1 Å². The van der Waals surface area contributed by atoms with Crippen molar-refractivity contribution < 1.29 is 14.3 Å². The number of hydrogen-bond donors (Lipinski definition) is 3. The lowest BCUT2D eigenvalue weighted by Crippen LogP contribution is -2.15. The van der Waals surface area contributed by atoms with Crippen LogP contribution in [0.25, 0.3) is 0 Å². The Hall–Kier alpha value is -3.94. The van der Waals surface area contributed by atoms with Gasteiger partial charge in [0, 0.05) is 36.2 Å². The molecule has 3 N–H and O–H groups in total. The number of ether oxygens (including phenoxy) is 1. The third-order valence-corrected chi connectivity index (χ3v) is 3.65. The summed E-state index contributed by atoms with van der Waals surface area (Å²) in [5.41, 5.74) is 2.07. The summed E-state index contributed by atoms with van der Waals surface area (Å²) in [7, 11) is 1.58. The summed E-state index contributed by atoms with van der Waals surface area (Å²) in [6.07, 6.45) is 1.50. The van der Waals surface area contributed by atoms with Gasteiger partial charge in [-0.3, -0.25) is 9.59 Å². The van der Waals surface area contributed by atoms with Crippen LogP contribution in [0, 0.1) is 0 Å². The number of anilines is 4. The molecule has 3 rings (SSSR count). The molecule has 0 saturated carbocycles. The molecule has 0 fully saturated rings. The molecule has 8 heteroatoms. The molecule has 0 radical (unpaired) electrons. The molecule has 0 spiro atoms. The van der Waals surface area contributed by atoms with E-state index >= 15 is 0 Å². The lowest BCUT2D eigenvalue weighted by molar-refractivity contribution is -0.114. The fourth-order valence-electron chi connectivity index (χ4n) is 2.45. The van der Waals surface area contributed by atoms with Crippen molar-refractivity contribution in [2.45, 2.75) is 6.92 Å². The van der Waals surface area contributed by atoms with Crippen molar-refractivity contribution in [1.82, 2.24) is 9.97 Å². The Morgan fingerprint density at radius 1 is 0.929 bits per heavy atom. The Bertz CT molecular complexity index is 1010. The van der Waals surface area contributed by atoms with Crippen LogP contribution in [0.2, 0.25) is 0 Å². The fourth-order valence-corrected chi connectivity index (χ4v) is 2.45. The van der Waals surface area contributed by atoms with Crippen LogP contribution < -0.4 is 20.7 Å². The van der Waals surface area contributed by atoms with Gasteiger partial charge in [0.2, 0.25) is 11.9 Å². The average molecular weight is 377 g/mol. The molecule has 2 aromatic carbocycles. The molecule has 28 heavy (non-hydrogen) atoms. The van der Waals surface area contributed by atoms with E-state index in [-0.39, 0.29) is 17.5 Å². The summed E-state index contributed by atoms with van der Waals surface area (Å²) in [4.78, 5) is 32.1. The molecule has 0 bridgehead atoms. The van der Waals surface area contributed by atoms with Crippen molar-refractivity contribution in [2.24, 2.45) is 0 Å². The Kier molecular flexibility index (Phi) is 5.81. The third kappa shape index (κ3) is 5.04. The van der Waals surface area contributed by atoms with Crippen LogP contribution in [0.4, 0.5) is 23.0 Å². The number of carbonyl (C=O) groups excluding carboxylic acids is 2. The average Bonchev–Trinajstić information content (AvgIpc) is 2.68. The van der Waals surface area contributed by atoms with E-state index in [1.165, 1.54) is 19.2 Å². The van der Waals surface area contributed by atoms with Crippen LogP contribution >= 0.6 is 0 Å². The van der Waals surface area contributed by atoms with Gasteiger partial charge in [-0.2, -0.15) is 0 Å². The highest BCUT2D eigenvalue weighted by atomic mass is 16.5. The quantitative estimate of drug-likeness (QED) is 0.608. The van der Waals surface area contributed by atoms with Crippen LogP contribution in [-0.2, 0) is 4.79 Å². The van der Waals surface area contributed by atoms with Crippen molar-refractivity contribution in [3.8, 4) is 5.75 Å².